The Bertz CT molecular complexity index is 931. The molecule has 0 bridgehead atoms. The smallest absolute Gasteiger partial charge is 0.338 e. The maximum absolute atomic E-state index is 12.9. The lowest BCUT2D eigenvalue weighted by atomic mass is 9.90. The van der Waals surface area contributed by atoms with Crippen molar-refractivity contribution < 1.29 is 19.2 Å². The van der Waals surface area contributed by atoms with Gasteiger partial charge in [0.1, 0.15) is 0 Å². The molecule has 1 amide bonds. The molecule has 7 nitrogen and oxygen atoms in total. The number of carbonyl (C=O) groups excluding carboxylic acids is 2. The van der Waals surface area contributed by atoms with Gasteiger partial charge in [-0.15, -0.1) is 0 Å². The van der Waals surface area contributed by atoms with Crippen LogP contribution in [0.5, 0.6) is 0 Å². The molecule has 2 aromatic carbocycles. The topological polar surface area (TPSA) is 89.8 Å². The van der Waals surface area contributed by atoms with Crippen molar-refractivity contribution >= 4 is 17.6 Å². The summed E-state index contributed by atoms with van der Waals surface area (Å²) in [5.41, 5.74) is 2.42. The zero-order valence-electron chi connectivity index (χ0n) is 17.3. The number of nitrogens with zero attached hydrogens (tertiary/aromatic N) is 2. The van der Waals surface area contributed by atoms with Crippen LogP contribution in [0, 0.1) is 23.0 Å². The van der Waals surface area contributed by atoms with Crippen molar-refractivity contribution in [2.45, 2.75) is 32.6 Å². The van der Waals surface area contributed by atoms with Crippen LogP contribution >= 0.6 is 0 Å². The summed E-state index contributed by atoms with van der Waals surface area (Å²) >= 11 is 0. The Morgan fingerprint density at radius 2 is 1.73 bits per heavy atom. The minimum absolute atomic E-state index is 0.00281. The molecule has 7 heteroatoms. The second-order valence-corrected chi connectivity index (χ2v) is 7.78. The number of aryl methyl sites for hydroxylation is 2. The normalized spacial score (nSPS) is 14.4. The minimum atomic E-state index is -0.706. The number of hydrogen-bond acceptors (Lipinski definition) is 5. The summed E-state index contributed by atoms with van der Waals surface area (Å²) in [5, 5.41) is 11.2. The van der Waals surface area contributed by atoms with Crippen molar-refractivity contribution in [3.05, 3.63) is 74.8 Å². The van der Waals surface area contributed by atoms with Gasteiger partial charge >= 0.3 is 5.97 Å². The molecule has 1 aliphatic rings. The predicted molar refractivity (Wildman–Crippen MR) is 113 cm³/mol. The van der Waals surface area contributed by atoms with Crippen LogP contribution in [0.1, 0.15) is 51.1 Å². The van der Waals surface area contributed by atoms with Crippen LogP contribution in [0.4, 0.5) is 5.69 Å². The summed E-state index contributed by atoms with van der Waals surface area (Å²) in [7, 11) is 1.20. The fraction of sp³-hybridized carbons (Fsp3) is 0.391. The lowest BCUT2D eigenvalue weighted by Crippen LogP contribution is -2.38. The van der Waals surface area contributed by atoms with E-state index in [0.29, 0.717) is 19.0 Å². The maximum Gasteiger partial charge on any atom is 0.338 e. The van der Waals surface area contributed by atoms with Crippen molar-refractivity contribution in [2.24, 2.45) is 5.92 Å². The van der Waals surface area contributed by atoms with Crippen LogP contribution in [0.15, 0.2) is 42.5 Å². The molecule has 0 spiro atoms. The number of amides is 1. The number of hydrogen-bond donors (Lipinski definition) is 0. The Balaban J connectivity index is 1.62. The van der Waals surface area contributed by atoms with Gasteiger partial charge in [0.15, 0.2) is 0 Å². The molecule has 0 saturated carbocycles. The van der Waals surface area contributed by atoms with E-state index in [4.69, 9.17) is 0 Å². The van der Waals surface area contributed by atoms with Crippen LogP contribution in [0.2, 0.25) is 0 Å². The van der Waals surface area contributed by atoms with E-state index in [1.807, 2.05) is 0 Å². The zero-order chi connectivity index (χ0) is 21.7. The highest BCUT2D eigenvalue weighted by molar-refractivity contribution is 5.99. The third kappa shape index (κ3) is 5.23. The number of rotatable bonds is 6. The first-order valence-electron chi connectivity index (χ1n) is 10.1. The van der Waals surface area contributed by atoms with E-state index < -0.39 is 10.9 Å². The molecule has 0 radical (unpaired) electrons. The molecule has 0 atom stereocenters. The van der Waals surface area contributed by atoms with Crippen molar-refractivity contribution in [1.29, 1.82) is 0 Å². The van der Waals surface area contributed by atoms with Crippen LogP contribution in [-0.2, 0) is 11.2 Å². The first-order chi connectivity index (χ1) is 14.4. The van der Waals surface area contributed by atoms with E-state index in [2.05, 4.69) is 35.9 Å². The van der Waals surface area contributed by atoms with Gasteiger partial charge in [0, 0.05) is 30.8 Å². The summed E-state index contributed by atoms with van der Waals surface area (Å²) in [5.74, 6) is -0.450. The van der Waals surface area contributed by atoms with Crippen LogP contribution < -0.4 is 0 Å². The Labute approximate surface area is 175 Å². The number of nitro groups is 1. The quantitative estimate of drug-likeness (QED) is 0.405. The van der Waals surface area contributed by atoms with E-state index in [1.165, 1.54) is 30.4 Å². The predicted octanol–water partition coefficient (Wildman–Crippen LogP) is 4.17. The molecular formula is C23H26N2O5. The number of methoxy groups -OCH3 is 1. The molecule has 2 aromatic rings. The van der Waals surface area contributed by atoms with Gasteiger partial charge in [0.25, 0.3) is 11.6 Å². The number of carbonyl (C=O) groups is 2. The van der Waals surface area contributed by atoms with Gasteiger partial charge in [-0.2, -0.15) is 0 Å². The molecule has 0 unspecified atom stereocenters. The molecule has 1 heterocycles. The average Bonchev–Trinajstić information content (AvgIpc) is 2.77. The highest BCUT2D eigenvalue weighted by atomic mass is 16.6. The summed E-state index contributed by atoms with van der Waals surface area (Å²) < 4.78 is 4.65. The second kappa shape index (κ2) is 9.52. The van der Waals surface area contributed by atoms with E-state index >= 15 is 0 Å². The lowest BCUT2D eigenvalue weighted by Gasteiger charge is -2.32. The summed E-state index contributed by atoms with van der Waals surface area (Å²) in [6.07, 6.45) is 3.90. The first-order valence-corrected chi connectivity index (χ1v) is 10.1. The summed E-state index contributed by atoms with van der Waals surface area (Å²) in [4.78, 5) is 37.0. The maximum atomic E-state index is 12.9. The van der Waals surface area contributed by atoms with Gasteiger partial charge in [-0.1, -0.05) is 29.8 Å². The second-order valence-electron chi connectivity index (χ2n) is 7.78. The van der Waals surface area contributed by atoms with Gasteiger partial charge in [-0.05, 0) is 50.2 Å². The Morgan fingerprint density at radius 3 is 2.33 bits per heavy atom. The minimum Gasteiger partial charge on any atom is -0.465 e. The molecule has 1 aliphatic heterocycles. The van der Waals surface area contributed by atoms with Crippen molar-refractivity contribution in [3.63, 3.8) is 0 Å². The first kappa shape index (κ1) is 21.5. The monoisotopic (exact) mass is 410 g/mol. The third-order valence-electron chi connectivity index (χ3n) is 5.66. The van der Waals surface area contributed by atoms with Crippen LogP contribution in [0.25, 0.3) is 0 Å². The zero-order valence-corrected chi connectivity index (χ0v) is 17.3. The standard InChI is InChI=1S/C23H26N2O5/c1-16-3-5-17(6-4-16)7-8-18-9-11-24(12-10-18)22(26)19-13-20(23(27)30-2)15-21(14-19)25(28)29/h3-6,13-15,18H,7-12H2,1-2H3. The van der Waals surface area contributed by atoms with E-state index in [9.17, 15) is 19.7 Å². The fourth-order valence-corrected chi connectivity index (χ4v) is 3.81. The molecule has 3 rings (SSSR count). The number of benzene rings is 2. The van der Waals surface area contributed by atoms with Gasteiger partial charge in [0.05, 0.1) is 17.6 Å². The molecule has 30 heavy (non-hydrogen) atoms. The Kier molecular flexibility index (Phi) is 6.82. The molecule has 1 fully saturated rings. The highest BCUT2D eigenvalue weighted by Gasteiger charge is 2.26. The lowest BCUT2D eigenvalue weighted by molar-refractivity contribution is -0.384. The molecule has 1 saturated heterocycles. The summed E-state index contributed by atoms with van der Waals surface area (Å²) in [6.45, 7) is 3.29. The largest absolute Gasteiger partial charge is 0.465 e. The third-order valence-corrected chi connectivity index (χ3v) is 5.66. The van der Waals surface area contributed by atoms with E-state index in [1.54, 1.807) is 4.90 Å². The number of likely N-dealkylation sites (tertiary alicyclic amines) is 1. The summed E-state index contributed by atoms with van der Waals surface area (Å²) in [6, 6.07) is 12.3. The van der Waals surface area contributed by atoms with Crippen molar-refractivity contribution in [3.8, 4) is 0 Å². The molecule has 158 valence electrons. The number of ether oxygens (including phenoxy) is 1. The van der Waals surface area contributed by atoms with Crippen LogP contribution in [-0.4, -0.2) is 41.9 Å². The highest BCUT2D eigenvalue weighted by Crippen LogP contribution is 2.25. The van der Waals surface area contributed by atoms with Crippen LogP contribution in [0.3, 0.4) is 0 Å². The van der Waals surface area contributed by atoms with Crippen molar-refractivity contribution in [1.82, 2.24) is 4.90 Å². The molecule has 0 aliphatic carbocycles. The average molecular weight is 410 g/mol. The van der Waals surface area contributed by atoms with Gasteiger partial charge < -0.3 is 9.64 Å². The fourth-order valence-electron chi connectivity index (χ4n) is 3.81. The van der Waals surface area contributed by atoms with E-state index in [0.717, 1.165) is 31.7 Å². The van der Waals surface area contributed by atoms with E-state index in [-0.39, 0.29) is 22.7 Å². The number of esters is 1. The number of nitro benzene ring substituents is 1. The molecule has 0 aromatic heterocycles. The molecular weight excluding hydrogens is 384 g/mol. The van der Waals surface area contributed by atoms with Gasteiger partial charge in [-0.25, -0.2) is 4.79 Å². The number of non-ortho nitro benzene ring substituents is 1. The SMILES string of the molecule is COC(=O)c1cc(C(=O)N2CCC(CCc3ccc(C)cc3)CC2)cc([N+](=O)[O-])c1. The molecule has 0 N–H and O–H groups in total. The number of piperidine rings is 1. The Hall–Kier alpha value is -3.22. The van der Waals surface area contributed by atoms with Crippen molar-refractivity contribution in [2.75, 3.05) is 20.2 Å². The van der Waals surface area contributed by atoms with Gasteiger partial charge in [-0.3, -0.25) is 14.9 Å². The Morgan fingerprint density at radius 1 is 1.10 bits per heavy atom. The van der Waals surface area contributed by atoms with Gasteiger partial charge in [0.2, 0.25) is 0 Å².